The van der Waals surface area contributed by atoms with E-state index < -0.39 is 23.8 Å². The molecule has 250 valence electrons. The van der Waals surface area contributed by atoms with Gasteiger partial charge in [-0.15, -0.1) is 0 Å². The number of carbonyl (C=O) groups excluding carboxylic acids is 2. The molecule has 0 saturated heterocycles. The number of carbonyl (C=O) groups is 2. The van der Waals surface area contributed by atoms with Crippen LogP contribution in [0.25, 0.3) is 10.9 Å². The van der Waals surface area contributed by atoms with Crippen LogP contribution < -0.4 is 10.6 Å². The molecule has 1 aliphatic heterocycles. The minimum atomic E-state index is -0.827. The first kappa shape index (κ1) is 34.8. The Morgan fingerprint density at radius 1 is 1.04 bits per heavy atom. The van der Waals surface area contributed by atoms with Crippen molar-refractivity contribution in [2.75, 3.05) is 51.9 Å². The largest absolute Gasteiger partial charge is 0.468 e. The Bertz CT molecular complexity index is 1670. The Morgan fingerprint density at radius 3 is 2.64 bits per heavy atom. The van der Waals surface area contributed by atoms with Crippen molar-refractivity contribution in [2.45, 2.75) is 51.9 Å². The minimum absolute atomic E-state index is 0.0772. The molecule has 3 aromatic rings. The van der Waals surface area contributed by atoms with Gasteiger partial charge in [-0.2, -0.15) is 0 Å². The van der Waals surface area contributed by atoms with Gasteiger partial charge in [-0.3, -0.25) is 14.8 Å². The molecule has 11 heteroatoms. The van der Waals surface area contributed by atoms with Crippen molar-refractivity contribution < 1.29 is 23.8 Å². The van der Waals surface area contributed by atoms with Gasteiger partial charge in [-0.1, -0.05) is 41.4 Å². The average molecular weight is 682 g/mol. The van der Waals surface area contributed by atoms with Crippen LogP contribution in [0.5, 0.6) is 0 Å². The Hall–Kier alpha value is -3.50. The van der Waals surface area contributed by atoms with Gasteiger partial charge in [-0.05, 0) is 87.9 Å². The predicted octanol–water partition coefficient (Wildman–Crippen LogP) is 6.69. The van der Waals surface area contributed by atoms with Crippen LogP contribution in [-0.4, -0.2) is 69.2 Å². The third-order valence-corrected chi connectivity index (χ3v) is 9.21. The summed E-state index contributed by atoms with van der Waals surface area (Å²) in [5, 5.41) is 9.36. The number of halogens is 2. The molecule has 2 heterocycles. The molecule has 2 unspecified atom stereocenters. The summed E-state index contributed by atoms with van der Waals surface area (Å²) in [5.41, 5.74) is 6.46. The van der Waals surface area contributed by atoms with Crippen molar-refractivity contribution in [3.8, 4) is 0 Å². The highest BCUT2D eigenvalue weighted by molar-refractivity contribution is 6.32. The quantitative estimate of drug-likeness (QED) is 0.143. The van der Waals surface area contributed by atoms with Gasteiger partial charge in [-0.25, -0.2) is 4.79 Å². The van der Waals surface area contributed by atoms with Crippen LogP contribution in [0, 0.1) is 5.92 Å². The van der Waals surface area contributed by atoms with Gasteiger partial charge in [0.05, 0.1) is 43.7 Å². The maximum atomic E-state index is 13.3. The number of methoxy groups -OCH3 is 1. The summed E-state index contributed by atoms with van der Waals surface area (Å²) in [5.74, 6) is -2.61. The van der Waals surface area contributed by atoms with Crippen LogP contribution >= 0.6 is 23.2 Å². The lowest BCUT2D eigenvalue weighted by atomic mass is 9.75. The maximum absolute atomic E-state index is 13.3. The number of anilines is 1. The monoisotopic (exact) mass is 680 g/mol. The lowest BCUT2D eigenvalue weighted by Gasteiger charge is -2.32. The van der Waals surface area contributed by atoms with E-state index in [-0.39, 0.29) is 18.8 Å². The SMILES string of the molecule is CCOC(=O)C1=C(COCCNCCCNc2c3c(nc4cc(Cl)ccc24)CCCC3)N=C(C)C(C(=O)OC)C1c1ccccc1Cl. The molecule has 1 aliphatic carbocycles. The van der Waals surface area contributed by atoms with Gasteiger partial charge in [0.1, 0.15) is 5.92 Å². The Balaban J connectivity index is 1.18. The van der Waals surface area contributed by atoms with Crippen molar-refractivity contribution in [3.05, 3.63) is 80.6 Å². The van der Waals surface area contributed by atoms with Gasteiger partial charge in [0.2, 0.25) is 0 Å². The third kappa shape index (κ3) is 8.15. The van der Waals surface area contributed by atoms with Crippen LogP contribution in [0.15, 0.2) is 58.7 Å². The summed E-state index contributed by atoms with van der Waals surface area (Å²) in [6.07, 6.45) is 5.31. The van der Waals surface area contributed by atoms with E-state index in [1.165, 1.54) is 36.9 Å². The molecule has 0 bridgehead atoms. The Kier molecular flexibility index (Phi) is 12.3. The van der Waals surface area contributed by atoms with E-state index >= 15 is 0 Å². The van der Waals surface area contributed by atoms with E-state index in [0.717, 1.165) is 43.3 Å². The molecule has 0 radical (unpaired) electrons. The molecule has 2 aromatic carbocycles. The number of aryl methyl sites for hydroxylation is 1. The fourth-order valence-electron chi connectivity index (χ4n) is 6.46. The van der Waals surface area contributed by atoms with Gasteiger partial charge in [0.15, 0.2) is 0 Å². The van der Waals surface area contributed by atoms with E-state index in [4.69, 9.17) is 42.4 Å². The summed E-state index contributed by atoms with van der Waals surface area (Å²) in [4.78, 5) is 35.9. The number of nitrogens with zero attached hydrogens (tertiary/aromatic N) is 2. The number of ether oxygens (including phenoxy) is 3. The second-order valence-corrected chi connectivity index (χ2v) is 12.5. The lowest BCUT2D eigenvalue weighted by Crippen LogP contribution is -2.37. The summed E-state index contributed by atoms with van der Waals surface area (Å²) in [7, 11) is 1.32. The van der Waals surface area contributed by atoms with Crippen LogP contribution in [0.3, 0.4) is 0 Å². The van der Waals surface area contributed by atoms with Gasteiger partial charge >= 0.3 is 11.9 Å². The number of nitrogens with one attached hydrogen (secondary N) is 2. The third-order valence-electron chi connectivity index (χ3n) is 8.63. The van der Waals surface area contributed by atoms with Gasteiger partial charge < -0.3 is 24.8 Å². The van der Waals surface area contributed by atoms with E-state index in [0.29, 0.717) is 40.2 Å². The van der Waals surface area contributed by atoms with Crippen molar-refractivity contribution in [1.29, 1.82) is 0 Å². The first-order valence-electron chi connectivity index (χ1n) is 16.2. The first-order valence-corrected chi connectivity index (χ1v) is 17.0. The van der Waals surface area contributed by atoms with Crippen LogP contribution in [0.4, 0.5) is 5.69 Å². The zero-order valence-corrected chi connectivity index (χ0v) is 28.7. The zero-order chi connectivity index (χ0) is 33.3. The topological polar surface area (TPSA) is 111 Å². The summed E-state index contributed by atoms with van der Waals surface area (Å²) in [6, 6.07) is 13.1. The Labute approximate surface area is 286 Å². The van der Waals surface area contributed by atoms with Crippen molar-refractivity contribution >= 4 is 57.4 Å². The second kappa shape index (κ2) is 16.6. The second-order valence-electron chi connectivity index (χ2n) is 11.7. The molecule has 2 N–H and O–H groups in total. The number of pyridine rings is 1. The molecular formula is C36H42Cl2N4O5. The minimum Gasteiger partial charge on any atom is -0.468 e. The molecule has 2 aliphatic rings. The van der Waals surface area contributed by atoms with Crippen molar-refractivity contribution in [2.24, 2.45) is 10.9 Å². The molecule has 0 fully saturated rings. The average Bonchev–Trinajstić information content (AvgIpc) is 3.06. The number of fused-ring (bicyclic) bond motifs is 2. The van der Waals surface area contributed by atoms with Crippen LogP contribution in [0.1, 0.15) is 55.8 Å². The number of aliphatic imine (C=N–C) groups is 1. The van der Waals surface area contributed by atoms with Gasteiger partial charge in [0, 0.05) is 51.5 Å². The normalized spacial score (nSPS) is 17.7. The number of hydrogen-bond donors (Lipinski definition) is 2. The number of esters is 2. The van der Waals surface area contributed by atoms with E-state index in [9.17, 15) is 9.59 Å². The molecule has 1 aromatic heterocycles. The molecule has 47 heavy (non-hydrogen) atoms. The number of benzene rings is 2. The summed E-state index contributed by atoms with van der Waals surface area (Å²) < 4.78 is 16.5. The van der Waals surface area contributed by atoms with E-state index in [1.54, 1.807) is 32.0 Å². The first-order chi connectivity index (χ1) is 22.8. The lowest BCUT2D eigenvalue weighted by molar-refractivity contribution is -0.144. The number of hydrogen-bond acceptors (Lipinski definition) is 9. The zero-order valence-electron chi connectivity index (χ0n) is 27.2. The summed E-state index contributed by atoms with van der Waals surface area (Å²) in [6.45, 7) is 6.38. The highest BCUT2D eigenvalue weighted by Crippen LogP contribution is 2.42. The fraction of sp³-hybridized carbons (Fsp3) is 0.444. The highest BCUT2D eigenvalue weighted by Gasteiger charge is 2.43. The van der Waals surface area contributed by atoms with E-state index in [1.807, 2.05) is 18.2 Å². The Morgan fingerprint density at radius 2 is 1.85 bits per heavy atom. The highest BCUT2D eigenvalue weighted by atomic mass is 35.5. The number of rotatable bonds is 14. The molecular weight excluding hydrogens is 639 g/mol. The predicted molar refractivity (Wildman–Crippen MR) is 187 cm³/mol. The molecule has 5 rings (SSSR count). The smallest absolute Gasteiger partial charge is 0.336 e. The summed E-state index contributed by atoms with van der Waals surface area (Å²) >= 11 is 12.9. The van der Waals surface area contributed by atoms with Crippen LogP contribution in [-0.2, 0) is 36.6 Å². The van der Waals surface area contributed by atoms with E-state index in [2.05, 4.69) is 21.7 Å². The maximum Gasteiger partial charge on any atom is 0.336 e. The molecule has 0 saturated carbocycles. The fourth-order valence-corrected chi connectivity index (χ4v) is 6.87. The molecule has 2 atom stereocenters. The van der Waals surface area contributed by atoms with Crippen molar-refractivity contribution in [1.82, 2.24) is 10.3 Å². The van der Waals surface area contributed by atoms with Crippen molar-refractivity contribution in [3.63, 3.8) is 0 Å². The molecule has 0 spiro atoms. The van der Waals surface area contributed by atoms with Gasteiger partial charge in [0.25, 0.3) is 0 Å². The molecule has 9 nitrogen and oxygen atoms in total. The molecule has 0 amide bonds. The standard InChI is InChI=1S/C36H42Cl2N4O5/c1-4-47-36(44)33-30(41-22(2)31(35(43)45-3)32(33)24-10-5-7-12-27(24)38)21-46-19-18-39-16-9-17-40-34-25-11-6-8-13-28(25)42-29-20-23(37)14-15-26(29)34/h5,7,10,12,14-15,20,31-32,39H,4,6,8-9,11,13,16-19,21H2,1-3H3,(H,40,42). The van der Waals surface area contributed by atoms with Crippen LogP contribution in [0.2, 0.25) is 10.0 Å². The number of aromatic nitrogens is 1.